The van der Waals surface area contributed by atoms with E-state index in [9.17, 15) is 0 Å². The number of hydrogen-bond acceptors (Lipinski definition) is 5. The molecule has 0 aliphatic heterocycles. The van der Waals surface area contributed by atoms with Crippen LogP contribution in [0.5, 0.6) is 11.6 Å². The van der Waals surface area contributed by atoms with Crippen molar-refractivity contribution in [3.63, 3.8) is 0 Å². The highest BCUT2D eigenvalue weighted by Gasteiger charge is 2.06. The second-order valence-electron chi connectivity index (χ2n) is 6.59. The summed E-state index contributed by atoms with van der Waals surface area (Å²) in [6, 6.07) is 12.3. The number of likely N-dealkylation sites (N-methyl/N-ethyl adjacent to an activating group) is 2. The van der Waals surface area contributed by atoms with Crippen LogP contribution in [0.1, 0.15) is 11.1 Å². The van der Waals surface area contributed by atoms with Gasteiger partial charge in [0.05, 0.1) is 0 Å². The molecule has 0 aliphatic carbocycles. The van der Waals surface area contributed by atoms with Gasteiger partial charge in [-0.2, -0.15) is 0 Å². The van der Waals surface area contributed by atoms with Gasteiger partial charge in [0, 0.05) is 31.3 Å². The molecule has 2 aromatic rings. The number of benzene rings is 1. The van der Waals surface area contributed by atoms with Crippen molar-refractivity contribution >= 4 is 0 Å². The maximum Gasteiger partial charge on any atom is 0.216 e. The molecule has 5 nitrogen and oxygen atoms in total. The first-order valence-electron chi connectivity index (χ1n) is 8.62. The smallest absolute Gasteiger partial charge is 0.216 e. The highest BCUT2D eigenvalue weighted by molar-refractivity contribution is 5.35. The molecule has 0 amide bonds. The van der Waals surface area contributed by atoms with Crippen LogP contribution in [0.2, 0.25) is 0 Å². The quantitative estimate of drug-likeness (QED) is 0.663. The Morgan fingerprint density at radius 2 is 1.48 bits per heavy atom. The van der Waals surface area contributed by atoms with Gasteiger partial charge in [-0.1, -0.05) is 18.2 Å². The minimum absolute atomic E-state index is 0.635. The zero-order valence-corrected chi connectivity index (χ0v) is 15.7. The Kier molecular flexibility index (Phi) is 7.70. The lowest BCUT2D eigenvalue weighted by Gasteiger charge is -2.13. The molecule has 0 bridgehead atoms. The molecular formula is C20H29N3O2. The summed E-state index contributed by atoms with van der Waals surface area (Å²) in [5, 5.41) is 0. The molecule has 0 N–H and O–H groups in total. The number of hydrogen-bond donors (Lipinski definition) is 0. The van der Waals surface area contributed by atoms with Crippen LogP contribution < -0.4 is 9.47 Å². The van der Waals surface area contributed by atoms with Crippen molar-refractivity contribution in [1.29, 1.82) is 0 Å². The summed E-state index contributed by atoms with van der Waals surface area (Å²) >= 11 is 0. The fraction of sp³-hybridized carbons (Fsp3) is 0.450. The Bertz CT molecular complexity index is 627. The van der Waals surface area contributed by atoms with E-state index in [1.54, 1.807) is 6.20 Å². The van der Waals surface area contributed by atoms with Crippen molar-refractivity contribution in [2.24, 2.45) is 0 Å². The van der Waals surface area contributed by atoms with Gasteiger partial charge >= 0.3 is 0 Å². The highest BCUT2D eigenvalue weighted by Crippen LogP contribution is 2.20. The molecule has 136 valence electrons. The van der Waals surface area contributed by atoms with Crippen molar-refractivity contribution in [2.75, 3.05) is 54.5 Å². The SMILES string of the molecule is CN(C)CCOc1ccc(Cc2cccnc2OCCN(C)C)cc1. The van der Waals surface area contributed by atoms with E-state index >= 15 is 0 Å². The third-order valence-corrected chi connectivity index (χ3v) is 3.75. The van der Waals surface area contributed by atoms with Crippen LogP contribution in [0.3, 0.4) is 0 Å². The summed E-state index contributed by atoms with van der Waals surface area (Å²) in [6.45, 7) is 3.11. The molecule has 1 aromatic heterocycles. The summed E-state index contributed by atoms with van der Waals surface area (Å²) in [5.74, 6) is 1.62. The first-order chi connectivity index (χ1) is 12.0. The monoisotopic (exact) mass is 343 g/mol. The fourth-order valence-corrected chi connectivity index (χ4v) is 2.28. The van der Waals surface area contributed by atoms with Crippen molar-refractivity contribution in [3.8, 4) is 11.6 Å². The molecular weight excluding hydrogens is 314 g/mol. The van der Waals surface area contributed by atoms with Crippen LogP contribution in [0, 0.1) is 0 Å². The van der Waals surface area contributed by atoms with Crippen LogP contribution in [0.4, 0.5) is 0 Å². The van der Waals surface area contributed by atoms with Gasteiger partial charge in [-0.15, -0.1) is 0 Å². The summed E-state index contributed by atoms with van der Waals surface area (Å²) in [4.78, 5) is 8.58. The van der Waals surface area contributed by atoms with Crippen LogP contribution in [0.25, 0.3) is 0 Å². The lowest BCUT2D eigenvalue weighted by atomic mass is 10.1. The van der Waals surface area contributed by atoms with Gasteiger partial charge in [-0.3, -0.25) is 0 Å². The molecule has 25 heavy (non-hydrogen) atoms. The fourth-order valence-electron chi connectivity index (χ4n) is 2.28. The van der Waals surface area contributed by atoms with E-state index in [4.69, 9.17) is 9.47 Å². The van der Waals surface area contributed by atoms with E-state index in [1.165, 1.54) is 5.56 Å². The Hall–Kier alpha value is -2.11. The van der Waals surface area contributed by atoms with Gasteiger partial charge < -0.3 is 19.3 Å². The Morgan fingerprint density at radius 3 is 2.12 bits per heavy atom. The van der Waals surface area contributed by atoms with Gasteiger partial charge in [0.2, 0.25) is 5.88 Å². The zero-order valence-electron chi connectivity index (χ0n) is 15.7. The van der Waals surface area contributed by atoms with Gasteiger partial charge in [-0.05, 0) is 52.0 Å². The van der Waals surface area contributed by atoms with Crippen molar-refractivity contribution < 1.29 is 9.47 Å². The van der Waals surface area contributed by atoms with Crippen LogP contribution >= 0.6 is 0 Å². The average molecular weight is 343 g/mol. The van der Waals surface area contributed by atoms with Crippen LogP contribution in [-0.4, -0.2) is 69.3 Å². The number of aromatic nitrogens is 1. The first kappa shape index (κ1) is 19.2. The molecule has 5 heteroatoms. The van der Waals surface area contributed by atoms with Crippen molar-refractivity contribution in [3.05, 3.63) is 53.7 Å². The number of rotatable bonds is 10. The molecule has 0 spiro atoms. The minimum Gasteiger partial charge on any atom is -0.492 e. The minimum atomic E-state index is 0.635. The second kappa shape index (κ2) is 10.0. The molecule has 0 saturated carbocycles. The number of ether oxygens (including phenoxy) is 2. The van der Waals surface area contributed by atoms with Gasteiger partial charge in [0.25, 0.3) is 0 Å². The third kappa shape index (κ3) is 7.11. The predicted molar refractivity (Wildman–Crippen MR) is 102 cm³/mol. The van der Waals surface area contributed by atoms with Crippen LogP contribution in [-0.2, 0) is 6.42 Å². The highest BCUT2D eigenvalue weighted by atomic mass is 16.5. The van der Waals surface area contributed by atoms with E-state index in [-0.39, 0.29) is 0 Å². The molecule has 0 atom stereocenters. The van der Waals surface area contributed by atoms with Gasteiger partial charge in [-0.25, -0.2) is 4.98 Å². The zero-order chi connectivity index (χ0) is 18.1. The molecule has 1 heterocycles. The predicted octanol–water partition coefficient (Wildman–Crippen LogP) is 2.55. The van der Waals surface area contributed by atoms with Crippen molar-refractivity contribution in [2.45, 2.75) is 6.42 Å². The molecule has 1 aromatic carbocycles. The lowest BCUT2D eigenvalue weighted by molar-refractivity contribution is 0.252. The molecule has 0 unspecified atom stereocenters. The number of nitrogens with zero attached hydrogens (tertiary/aromatic N) is 3. The van der Waals surface area contributed by atoms with E-state index in [2.05, 4.69) is 33.0 Å². The summed E-state index contributed by atoms with van der Waals surface area (Å²) in [7, 11) is 8.15. The summed E-state index contributed by atoms with van der Waals surface area (Å²) in [6.07, 6.45) is 2.57. The third-order valence-electron chi connectivity index (χ3n) is 3.75. The Morgan fingerprint density at radius 1 is 0.840 bits per heavy atom. The van der Waals surface area contributed by atoms with Gasteiger partial charge in [0.1, 0.15) is 19.0 Å². The standard InChI is InChI=1S/C20H29N3O2/c1-22(2)12-14-24-19-9-7-17(8-10-19)16-18-6-5-11-21-20(18)25-15-13-23(3)4/h5-11H,12-16H2,1-4H3. The van der Waals surface area contributed by atoms with Crippen LogP contribution in [0.15, 0.2) is 42.6 Å². The number of pyridine rings is 1. The lowest BCUT2D eigenvalue weighted by Crippen LogP contribution is -2.20. The van der Waals surface area contributed by atoms with E-state index in [0.29, 0.717) is 13.2 Å². The average Bonchev–Trinajstić information content (AvgIpc) is 2.57. The molecule has 0 radical (unpaired) electrons. The molecule has 0 saturated heterocycles. The molecule has 0 aliphatic rings. The maximum atomic E-state index is 5.84. The second-order valence-corrected chi connectivity index (χ2v) is 6.59. The normalized spacial score (nSPS) is 11.1. The van der Waals surface area contributed by atoms with E-state index in [1.807, 2.05) is 46.4 Å². The molecule has 2 rings (SSSR count). The van der Waals surface area contributed by atoms with Gasteiger partial charge in [0.15, 0.2) is 0 Å². The maximum absolute atomic E-state index is 5.84. The van der Waals surface area contributed by atoms with E-state index < -0.39 is 0 Å². The van der Waals surface area contributed by atoms with E-state index in [0.717, 1.165) is 36.7 Å². The molecule has 0 fully saturated rings. The van der Waals surface area contributed by atoms with Crippen molar-refractivity contribution in [1.82, 2.24) is 14.8 Å². The Balaban J connectivity index is 1.93. The topological polar surface area (TPSA) is 37.8 Å². The largest absolute Gasteiger partial charge is 0.492 e. The summed E-state index contributed by atoms with van der Waals surface area (Å²) in [5.41, 5.74) is 2.31. The summed E-state index contributed by atoms with van der Waals surface area (Å²) < 4.78 is 11.6. The Labute approximate surface area is 151 Å². The first-order valence-corrected chi connectivity index (χ1v) is 8.62.